The van der Waals surface area contributed by atoms with E-state index in [1.54, 1.807) is 6.20 Å². The van der Waals surface area contributed by atoms with Crippen LogP contribution in [-0.2, 0) is 6.54 Å². The molecule has 0 atom stereocenters. The van der Waals surface area contributed by atoms with Crippen molar-refractivity contribution in [2.45, 2.75) is 33.2 Å². The van der Waals surface area contributed by atoms with Crippen molar-refractivity contribution in [1.29, 1.82) is 0 Å². The highest BCUT2D eigenvalue weighted by molar-refractivity contribution is 6.33. The van der Waals surface area contributed by atoms with E-state index in [0.29, 0.717) is 12.5 Å². The van der Waals surface area contributed by atoms with Crippen LogP contribution < -0.4 is 15.4 Å². The van der Waals surface area contributed by atoms with Crippen LogP contribution in [0.1, 0.15) is 24.2 Å². The summed E-state index contributed by atoms with van der Waals surface area (Å²) < 4.78 is 1.50. The Morgan fingerprint density at radius 3 is 2.31 bits per heavy atom. The average molecular weight is 375 g/mol. The molecule has 0 spiro atoms. The number of aryl methyl sites for hydroxylation is 2. The smallest absolute Gasteiger partial charge is 0.287 e. The van der Waals surface area contributed by atoms with Gasteiger partial charge in [0.15, 0.2) is 0 Å². The van der Waals surface area contributed by atoms with Gasteiger partial charge in [-0.1, -0.05) is 11.6 Å². The lowest BCUT2D eigenvalue weighted by Gasteiger charge is -2.36. The molecular formula is C18H23ClN6O. The van der Waals surface area contributed by atoms with Crippen molar-refractivity contribution >= 4 is 23.2 Å². The molecule has 2 aromatic rings. The number of piperazine rings is 1. The third kappa shape index (κ3) is 3.53. The quantitative estimate of drug-likeness (QED) is 0.815. The highest BCUT2D eigenvalue weighted by Crippen LogP contribution is 2.30. The van der Waals surface area contributed by atoms with E-state index in [1.165, 1.54) is 17.5 Å². The molecule has 0 radical (unpaired) electrons. The molecule has 7 nitrogen and oxygen atoms in total. The lowest BCUT2D eigenvalue weighted by atomic mass is 10.3. The first-order chi connectivity index (χ1) is 12.5. The minimum Gasteiger partial charge on any atom is -0.365 e. The number of anilines is 2. The number of hydrogen-bond donors (Lipinski definition) is 0. The molecule has 8 heteroatoms. The molecular weight excluding hydrogens is 352 g/mol. The molecule has 3 heterocycles. The van der Waals surface area contributed by atoms with Gasteiger partial charge in [0, 0.05) is 44.1 Å². The van der Waals surface area contributed by atoms with Crippen molar-refractivity contribution in [3.63, 3.8) is 0 Å². The number of aromatic nitrogens is 4. The molecule has 0 unspecified atom stereocenters. The van der Waals surface area contributed by atoms with Gasteiger partial charge in [-0.05, 0) is 38.7 Å². The van der Waals surface area contributed by atoms with E-state index in [1.807, 2.05) is 19.9 Å². The normalized spacial score (nSPS) is 17.7. The molecule has 138 valence electrons. The molecule has 26 heavy (non-hydrogen) atoms. The van der Waals surface area contributed by atoms with Gasteiger partial charge in [0.2, 0.25) is 5.95 Å². The maximum absolute atomic E-state index is 12.5. The Labute approximate surface area is 157 Å². The monoisotopic (exact) mass is 374 g/mol. The summed E-state index contributed by atoms with van der Waals surface area (Å²) in [5, 5.41) is 4.61. The SMILES string of the molecule is Cc1cc(C)nc(N2CCN(c3cnn(CC4CC4)c(=O)c3Cl)CC2)n1. The van der Waals surface area contributed by atoms with Gasteiger partial charge in [-0.3, -0.25) is 4.79 Å². The van der Waals surface area contributed by atoms with Crippen LogP contribution in [0.4, 0.5) is 11.6 Å². The van der Waals surface area contributed by atoms with Gasteiger partial charge in [-0.2, -0.15) is 5.10 Å². The van der Waals surface area contributed by atoms with E-state index in [4.69, 9.17) is 11.6 Å². The van der Waals surface area contributed by atoms with Crippen LogP contribution in [0.2, 0.25) is 5.02 Å². The third-order valence-corrected chi connectivity index (χ3v) is 5.32. The second-order valence-corrected chi connectivity index (χ2v) is 7.58. The van der Waals surface area contributed by atoms with E-state index in [9.17, 15) is 4.79 Å². The molecule has 4 rings (SSSR count). The van der Waals surface area contributed by atoms with Crippen molar-refractivity contribution in [2.24, 2.45) is 5.92 Å². The summed E-state index contributed by atoms with van der Waals surface area (Å²) >= 11 is 6.38. The molecule has 1 saturated carbocycles. The lowest BCUT2D eigenvalue weighted by Crippen LogP contribution is -2.47. The Hall–Kier alpha value is -2.15. The van der Waals surface area contributed by atoms with E-state index < -0.39 is 0 Å². The van der Waals surface area contributed by atoms with Crippen LogP contribution >= 0.6 is 11.6 Å². The molecule has 0 aromatic carbocycles. The van der Waals surface area contributed by atoms with Crippen LogP contribution in [0.3, 0.4) is 0 Å². The number of hydrogen-bond acceptors (Lipinski definition) is 6. The summed E-state index contributed by atoms with van der Waals surface area (Å²) in [4.78, 5) is 25.8. The maximum atomic E-state index is 12.5. The minimum atomic E-state index is -0.184. The largest absolute Gasteiger partial charge is 0.365 e. The van der Waals surface area contributed by atoms with Crippen LogP contribution in [0, 0.1) is 19.8 Å². The summed E-state index contributed by atoms with van der Waals surface area (Å²) in [5.41, 5.74) is 2.49. The maximum Gasteiger partial charge on any atom is 0.287 e. The summed E-state index contributed by atoms with van der Waals surface area (Å²) in [6, 6.07) is 1.97. The second kappa shape index (κ2) is 6.87. The molecule has 0 N–H and O–H groups in total. The van der Waals surface area contributed by atoms with Gasteiger partial charge in [-0.25, -0.2) is 14.6 Å². The Morgan fingerprint density at radius 2 is 1.69 bits per heavy atom. The van der Waals surface area contributed by atoms with Crippen molar-refractivity contribution in [2.75, 3.05) is 36.0 Å². The topological polar surface area (TPSA) is 67.2 Å². The Balaban J connectivity index is 1.47. The Morgan fingerprint density at radius 1 is 1.08 bits per heavy atom. The van der Waals surface area contributed by atoms with Gasteiger partial charge in [-0.15, -0.1) is 0 Å². The number of rotatable bonds is 4. The fraction of sp³-hybridized carbons (Fsp3) is 0.556. The van der Waals surface area contributed by atoms with Crippen molar-refractivity contribution in [1.82, 2.24) is 19.7 Å². The first-order valence-electron chi connectivity index (χ1n) is 9.09. The molecule has 1 saturated heterocycles. The Bertz CT molecular complexity index is 850. The predicted molar refractivity (Wildman–Crippen MR) is 102 cm³/mol. The molecule has 2 aromatic heterocycles. The van der Waals surface area contributed by atoms with Crippen LogP contribution in [0.25, 0.3) is 0 Å². The highest BCUT2D eigenvalue weighted by atomic mass is 35.5. The van der Waals surface area contributed by atoms with E-state index in [2.05, 4.69) is 24.9 Å². The van der Waals surface area contributed by atoms with Gasteiger partial charge in [0.05, 0.1) is 11.9 Å². The molecule has 0 amide bonds. The molecule has 2 aliphatic rings. The Kier molecular flexibility index (Phi) is 4.56. The van der Waals surface area contributed by atoms with Crippen molar-refractivity contribution in [3.8, 4) is 0 Å². The molecule has 1 aliphatic carbocycles. The van der Waals surface area contributed by atoms with E-state index >= 15 is 0 Å². The van der Waals surface area contributed by atoms with E-state index in [0.717, 1.165) is 49.2 Å². The molecule has 2 fully saturated rings. The summed E-state index contributed by atoms with van der Waals surface area (Å²) in [6.07, 6.45) is 4.08. The van der Waals surface area contributed by atoms with Crippen molar-refractivity contribution < 1.29 is 0 Å². The summed E-state index contributed by atoms with van der Waals surface area (Å²) in [7, 11) is 0. The second-order valence-electron chi connectivity index (χ2n) is 7.20. The minimum absolute atomic E-state index is 0.184. The van der Waals surface area contributed by atoms with Gasteiger partial charge >= 0.3 is 0 Å². The lowest BCUT2D eigenvalue weighted by molar-refractivity contribution is 0.531. The van der Waals surface area contributed by atoms with E-state index in [-0.39, 0.29) is 10.6 Å². The highest BCUT2D eigenvalue weighted by Gasteiger charge is 2.25. The van der Waals surface area contributed by atoms with Gasteiger partial charge in [0.1, 0.15) is 5.02 Å². The molecule has 0 bridgehead atoms. The average Bonchev–Trinajstić information content (AvgIpc) is 3.43. The third-order valence-electron chi connectivity index (χ3n) is 4.97. The number of halogens is 1. The van der Waals surface area contributed by atoms with Gasteiger partial charge < -0.3 is 9.80 Å². The standard InChI is InChI=1S/C18H23ClN6O/c1-12-9-13(2)22-18(21-12)24-7-5-23(6-8-24)15-10-20-25(11-14-3-4-14)17(26)16(15)19/h9-10,14H,3-8,11H2,1-2H3. The summed E-state index contributed by atoms with van der Waals surface area (Å²) in [5.74, 6) is 1.36. The van der Waals surface area contributed by atoms with Crippen LogP contribution in [0.5, 0.6) is 0 Å². The fourth-order valence-corrected chi connectivity index (χ4v) is 3.61. The summed E-state index contributed by atoms with van der Waals surface area (Å²) in [6.45, 7) is 7.71. The zero-order chi connectivity index (χ0) is 18.3. The zero-order valence-electron chi connectivity index (χ0n) is 15.2. The molecule has 1 aliphatic heterocycles. The first kappa shape index (κ1) is 17.3. The van der Waals surface area contributed by atoms with Crippen LogP contribution in [0.15, 0.2) is 17.1 Å². The first-order valence-corrected chi connectivity index (χ1v) is 9.47. The van der Waals surface area contributed by atoms with Gasteiger partial charge in [0.25, 0.3) is 5.56 Å². The fourth-order valence-electron chi connectivity index (χ4n) is 3.35. The zero-order valence-corrected chi connectivity index (χ0v) is 15.9. The predicted octanol–water partition coefficient (Wildman–Crippen LogP) is 2.04. The van der Waals surface area contributed by atoms with Crippen molar-refractivity contribution in [3.05, 3.63) is 39.0 Å². The van der Waals surface area contributed by atoms with Crippen LogP contribution in [-0.4, -0.2) is 45.9 Å². The number of nitrogens with zero attached hydrogens (tertiary/aromatic N) is 6.